The summed E-state index contributed by atoms with van der Waals surface area (Å²) < 4.78 is 0. The quantitative estimate of drug-likeness (QED) is 0.582. The predicted octanol–water partition coefficient (Wildman–Crippen LogP) is 3.90. The molecule has 2 amide bonds. The Morgan fingerprint density at radius 3 is 1.42 bits per heavy atom. The summed E-state index contributed by atoms with van der Waals surface area (Å²) in [5.74, 6) is 0.859. The van der Waals surface area contributed by atoms with E-state index >= 15 is 0 Å². The molecule has 4 nitrogen and oxygen atoms in total. The van der Waals surface area contributed by atoms with Gasteiger partial charge in [0.25, 0.3) is 0 Å². The van der Waals surface area contributed by atoms with E-state index in [1.165, 1.54) is 0 Å². The normalized spacial score (nSPS) is 41.5. The minimum atomic E-state index is -0.511. The minimum Gasteiger partial charge on any atom is -0.272 e. The Labute approximate surface area is 156 Å². The molecule has 0 unspecified atom stereocenters. The Bertz CT molecular complexity index is 672. The molecule has 2 N–H and O–H groups in total. The third kappa shape index (κ3) is 1.91. The molecule has 0 spiro atoms. The number of fused-ring (bicyclic) bond motifs is 4. The lowest BCUT2D eigenvalue weighted by molar-refractivity contribution is -0.137. The van der Waals surface area contributed by atoms with E-state index in [1.54, 1.807) is 0 Å². The van der Waals surface area contributed by atoms with Crippen molar-refractivity contribution >= 4 is 11.8 Å². The van der Waals surface area contributed by atoms with Crippen LogP contribution < -0.4 is 10.9 Å². The summed E-state index contributed by atoms with van der Waals surface area (Å²) in [6.07, 6.45) is 5.51. The topological polar surface area (TPSA) is 58.2 Å². The second-order valence-corrected chi connectivity index (χ2v) is 10.4. The van der Waals surface area contributed by atoms with Gasteiger partial charge in [0.1, 0.15) is 0 Å². The van der Waals surface area contributed by atoms with E-state index in [0.717, 1.165) is 49.7 Å². The standard InChI is InChI=1S/C22H32N2O2/c1-13-19(3,4)15-7-9-21(13,11-15)17(25)23-24-18(26)22-10-8-16(12-22)20(5,6)14(22)2/h15-16H,1-2,7-12H2,3-6H3,(H,23,25)(H,24,26)/t15-,16-,21-,22+/m0/s1. The fourth-order valence-electron chi connectivity index (χ4n) is 6.64. The molecular formula is C22H32N2O2. The second-order valence-electron chi connectivity index (χ2n) is 10.4. The molecule has 4 saturated carbocycles. The van der Waals surface area contributed by atoms with E-state index in [-0.39, 0.29) is 22.6 Å². The van der Waals surface area contributed by atoms with Crippen molar-refractivity contribution in [1.82, 2.24) is 10.9 Å². The average molecular weight is 357 g/mol. The molecule has 4 aliphatic carbocycles. The van der Waals surface area contributed by atoms with Gasteiger partial charge < -0.3 is 0 Å². The van der Waals surface area contributed by atoms with Crippen LogP contribution in [0.15, 0.2) is 24.3 Å². The van der Waals surface area contributed by atoms with Crippen molar-refractivity contribution in [2.75, 3.05) is 0 Å². The van der Waals surface area contributed by atoms with Crippen molar-refractivity contribution in [3.63, 3.8) is 0 Å². The largest absolute Gasteiger partial charge is 0.272 e. The number of hydrogen-bond acceptors (Lipinski definition) is 2. The lowest BCUT2D eigenvalue weighted by Crippen LogP contribution is -2.53. The van der Waals surface area contributed by atoms with Gasteiger partial charge >= 0.3 is 0 Å². The van der Waals surface area contributed by atoms with Crippen LogP contribution >= 0.6 is 0 Å². The molecule has 0 radical (unpaired) electrons. The van der Waals surface area contributed by atoms with Gasteiger partial charge in [-0.3, -0.25) is 20.4 Å². The number of hydrazine groups is 1. The zero-order chi connectivity index (χ0) is 19.1. The molecule has 4 atom stereocenters. The van der Waals surface area contributed by atoms with E-state index in [1.807, 2.05) is 0 Å². The summed E-state index contributed by atoms with van der Waals surface area (Å²) in [5.41, 5.74) is 6.58. The monoisotopic (exact) mass is 356 g/mol. The van der Waals surface area contributed by atoms with Crippen LogP contribution in [0.2, 0.25) is 0 Å². The predicted molar refractivity (Wildman–Crippen MR) is 102 cm³/mol. The van der Waals surface area contributed by atoms with Crippen molar-refractivity contribution < 1.29 is 9.59 Å². The third-order valence-electron chi connectivity index (χ3n) is 8.94. The molecule has 0 heterocycles. The zero-order valence-electron chi connectivity index (χ0n) is 16.6. The van der Waals surface area contributed by atoms with E-state index in [4.69, 9.17) is 0 Å². The van der Waals surface area contributed by atoms with Gasteiger partial charge in [-0.15, -0.1) is 0 Å². The van der Waals surface area contributed by atoms with Crippen LogP contribution in [0, 0.1) is 33.5 Å². The van der Waals surface area contributed by atoms with E-state index < -0.39 is 10.8 Å². The number of hydrogen-bond donors (Lipinski definition) is 2. The zero-order valence-corrected chi connectivity index (χ0v) is 16.6. The van der Waals surface area contributed by atoms with E-state index in [0.29, 0.717) is 11.8 Å². The molecule has 4 rings (SSSR count). The van der Waals surface area contributed by atoms with Gasteiger partial charge in [-0.1, -0.05) is 52.0 Å². The van der Waals surface area contributed by atoms with Gasteiger partial charge in [0.2, 0.25) is 11.8 Å². The first-order valence-corrected chi connectivity index (χ1v) is 9.99. The maximum atomic E-state index is 13.0. The Balaban J connectivity index is 1.47. The van der Waals surface area contributed by atoms with Gasteiger partial charge in [-0.25, -0.2) is 0 Å². The SMILES string of the molecule is C=C1C(C)(C)[C@H]2CC[C@]1(C(=O)NNC(=O)[C@]13CC[C@@H](C1)C(C)(C)C3=C)C2. The molecule has 4 bridgehead atoms. The molecule has 0 aliphatic heterocycles. The Hall–Kier alpha value is -1.58. The number of nitrogens with one attached hydrogen (secondary N) is 2. The van der Waals surface area contributed by atoms with Crippen molar-refractivity contribution in [1.29, 1.82) is 0 Å². The highest BCUT2D eigenvalue weighted by Gasteiger charge is 2.62. The molecule has 26 heavy (non-hydrogen) atoms. The van der Waals surface area contributed by atoms with Gasteiger partial charge in [-0.2, -0.15) is 0 Å². The summed E-state index contributed by atoms with van der Waals surface area (Å²) in [5, 5.41) is 0. The smallest absolute Gasteiger partial charge is 0.248 e. The summed E-state index contributed by atoms with van der Waals surface area (Å²) in [6.45, 7) is 17.3. The van der Waals surface area contributed by atoms with Gasteiger partial charge in [0.15, 0.2) is 0 Å². The number of carbonyl (C=O) groups is 2. The highest BCUT2D eigenvalue weighted by atomic mass is 16.2. The van der Waals surface area contributed by atoms with Crippen LogP contribution in [-0.2, 0) is 9.59 Å². The summed E-state index contributed by atoms with van der Waals surface area (Å²) in [7, 11) is 0. The lowest BCUT2D eigenvalue weighted by Gasteiger charge is -2.38. The van der Waals surface area contributed by atoms with E-state index in [9.17, 15) is 9.59 Å². The van der Waals surface area contributed by atoms with Crippen molar-refractivity contribution in [2.24, 2.45) is 33.5 Å². The number of rotatable bonds is 2. The lowest BCUT2D eigenvalue weighted by atomic mass is 9.68. The Morgan fingerprint density at radius 1 is 0.808 bits per heavy atom. The Morgan fingerprint density at radius 2 is 1.15 bits per heavy atom. The first-order chi connectivity index (χ1) is 12.0. The van der Waals surface area contributed by atoms with Gasteiger partial charge in [0.05, 0.1) is 10.8 Å². The summed E-state index contributed by atoms with van der Waals surface area (Å²) >= 11 is 0. The molecule has 0 aromatic rings. The number of amides is 2. The first kappa shape index (κ1) is 17.8. The fraction of sp³-hybridized carbons (Fsp3) is 0.727. The fourth-order valence-corrected chi connectivity index (χ4v) is 6.64. The van der Waals surface area contributed by atoms with Crippen LogP contribution in [0.5, 0.6) is 0 Å². The molecule has 0 saturated heterocycles. The van der Waals surface area contributed by atoms with Crippen LogP contribution in [-0.4, -0.2) is 11.8 Å². The number of carbonyl (C=O) groups excluding carboxylic acids is 2. The van der Waals surface area contributed by atoms with Crippen molar-refractivity contribution in [2.45, 2.75) is 66.2 Å². The van der Waals surface area contributed by atoms with Crippen molar-refractivity contribution in [3.05, 3.63) is 24.3 Å². The van der Waals surface area contributed by atoms with Gasteiger partial charge in [0, 0.05) is 0 Å². The second kappa shape index (κ2) is 5.02. The summed E-state index contributed by atoms with van der Waals surface area (Å²) in [4.78, 5) is 26.1. The highest BCUT2D eigenvalue weighted by molar-refractivity contribution is 5.92. The highest BCUT2D eigenvalue weighted by Crippen LogP contribution is 2.66. The maximum absolute atomic E-state index is 13.0. The molecular weight excluding hydrogens is 324 g/mol. The molecule has 0 aromatic carbocycles. The Kier molecular flexibility index (Phi) is 3.44. The summed E-state index contributed by atoms with van der Waals surface area (Å²) in [6, 6.07) is 0. The molecule has 142 valence electrons. The van der Waals surface area contributed by atoms with Gasteiger partial charge in [-0.05, 0) is 61.2 Å². The third-order valence-corrected chi connectivity index (χ3v) is 8.94. The average Bonchev–Trinajstić information content (AvgIpc) is 3.30. The van der Waals surface area contributed by atoms with Crippen LogP contribution in [0.1, 0.15) is 66.2 Å². The molecule has 4 aliphatic rings. The molecule has 4 heteroatoms. The van der Waals surface area contributed by atoms with Crippen LogP contribution in [0.4, 0.5) is 0 Å². The molecule has 0 aromatic heterocycles. The minimum absolute atomic E-state index is 0.000717. The van der Waals surface area contributed by atoms with Crippen LogP contribution in [0.25, 0.3) is 0 Å². The molecule has 4 fully saturated rings. The van der Waals surface area contributed by atoms with Crippen LogP contribution in [0.3, 0.4) is 0 Å². The first-order valence-electron chi connectivity index (χ1n) is 9.99. The van der Waals surface area contributed by atoms with E-state index in [2.05, 4.69) is 51.7 Å². The maximum Gasteiger partial charge on any atom is 0.248 e. The van der Waals surface area contributed by atoms with Crippen molar-refractivity contribution in [3.8, 4) is 0 Å².